The second-order valence-electron chi connectivity index (χ2n) is 12.3. The van der Waals surface area contributed by atoms with Gasteiger partial charge in [-0.05, 0) is 72.3 Å². The molecular formula is C40H48N2O6. The third-order valence-corrected chi connectivity index (χ3v) is 9.05. The fraction of sp³-hybridized carbons (Fsp3) is 0.375. The van der Waals surface area contributed by atoms with Crippen molar-refractivity contribution in [1.82, 2.24) is 10.2 Å². The maximum atomic E-state index is 12.1. The number of likely N-dealkylation sites (tertiary alicyclic amines) is 1. The van der Waals surface area contributed by atoms with E-state index in [4.69, 9.17) is 18.9 Å². The van der Waals surface area contributed by atoms with Gasteiger partial charge in [0.15, 0.2) is 0 Å². The summed E-state index contributed by atoms with van der Waals surface area (Å²) in [7, 11) is 3.33. The summed E-state index contributed by atoms with van der Waals surface area (Å²) in [5.41, 5.74) is 3.16. The first-order chi connectivity index (χ1) is 23.5. The van der Waals surface area contributed by atoms with E-state index in [0.717, 1.165) is 66.0 Å². The summed E-state index contributed by atoms with van der Waals surface area (Å²) < 4.78 is 23.5. The molecule has 2 N–H and O–H groups in total. The molecule has 0 radical (unpaired) electrons. The number of methoxy groups -OCH3 is 2. The Morgan fingerprint density at radius 3 is 1.85 bits per heavy atom. The first-order valence-electron chi connectivity index (χ1n) is 16.9. The van der Waals surface area contributed by atoms with Gasteiger partial charge in [-0.1, -0.05) is 97.8 Å². The van der Waals surface area contributed by atoms with Crippen LogP contribution in [0.4, 0.5) is 4.79 Å². The summed E-state index contributed by atoms with van der Waals surface area (Å²) in [5, 5.41) is 14.0. The highest BCUT2D eigenvalue weighted by Gasteiger charge is 2.50. The molecule has 0 spiro atoms. The summed E-state index contributed by atoms with van der Waals surface area (Å²) in [6.45, 7) is 2.63. The van der Waals surface area contributed by atoms with E-state index in [1.807, 2.05) is 72.8 Å². The summed E-state index contributed by atoms with van der Waals surface area (Å²) >= 11 is 0. The van der Waals surface area contributed by atoms with Gasteiger partial charge in [0.25, 0.3) is 0 Å². The first-order valence-corrected chi connectivity index (χ1v) is 16.9. The lowest BCUT2D eigenvalue weighted by Gasteiger charge is -2.44. The van der Waals surface area contributed by atoms with Gasteiger partial charge < -0.3 is 29.4 Å². The number of carbonyl (C=O) groups is 1. The molecule has 4 aromatic rings. The van der Waals surface area contributed by atoms with Crippen LogP contribution in [0.5, 0.6) is 11.5 Å². The molecule has 2 unspecified atom stereocenters. The SMILES string of the molecule is COc1ccc(C(OCc2ccccc2)(c2ccc(OC)cc2)C2CC(O)CN2CCCCCCNC(=O)OCc2ccccc2)cc1. The molecule has 254 valence electrons. The molecule has 0 aromatic heterocycles. The topological polar surface area (TPSA) is 89.5 Å². The number of ether oxygens (including phenoxy) is 4. The van der Waals surface area contributed by atoms with E-state index in [1.165, 1.54) is 0 Å². The fourth-order valence-corrected chi connectivity index (χ4v) is 6.57. The van der Waals surface area contributed by atoms with E-state index in [1.54, 1.807) is 14.2 Å². The minimum atomic E-state index is -0.879. The molecule has 1 heterocycles. The average molecular weight is 653 g/mol. The van der Waals surface area contributed by atoms with Gasteiger partial charge >= 0.3 is 6.09 Å². The van der Waals surface area contributed by atoms with Crippen LogP contribution < -0.4 is 14.8 Å². The highest BCUT2D eigenvalue weighted by atomic mass is 16.5. The van der Waals surface area contributed by atoms with Crippen LogP contribution in [0.2, 0.25) is 0 Å². The summed E-state index contributed by atoms with van der Waals surface area (Å²) in [5.74, 6) is 1.54. The van der Waals surface area contributed by atoms with Crippen LogP contribution in [0.3, 0.4) is 0 Å². The van der Waals surface area contributed by atoms with E-state index < -0.39 is 17.8 Å². The molecule has 2 atom stereocenters. The van der Waals surface area contributed by atoms with Gasteiger partial charge in [0.05, 0.1) is 26.9 Å². The summed E-state index contributed by atoms with van der Waals surface area (Å²) in [6, 6.07) is 35.9. The van der Waals surface area contributed by atoms with Gasteiger partial charge in [0.2, 0.25) is 0 Å². The van der Waals surface area contributed by atoms with Crippen LogP contribution in [0, 0.1) is 0 Å². The van der Waals surface area contributed by atoms with Gasteiger partial charge in [0, 0.05) is 19.1 Å². The third kappa shape index (κ3) is 9.16. The number of alkyl carbamates (subject to hydrolysis) is 1. The number of nitrogens with zero attached hydrogens (tertiary/aromatic N) is 1. The minimum Gasteiger partial charge on any atom is -0.497 e. The van der Waals surface area contributed by atoms with Crippen molar-refractivity contribution in [3.63, 3.8) is 0 Å². The number of hydrogen-bond donors (Lipinski definition) is 2. The molecule has 1 aliphatic rings. The standard InChI is InChI=1S/C40H48N2O6/c1-45-36-21-17-33(18-22-36)40(34-19-23-37(46-2)24-20-34,48-30-32-15-9-6-10-16-32)38-27-35(43)28-42(38)26-12-4-3-11-25-41-39(44)47-29-31-13-7-5-8-14-31/h5-10,13-24,35,38,43H,3-4,11-12,25-30H2,1-2H3,(H,41,44). The number of carbonyl (C=O) groups excluding carboxylic acids is 1. The maximum absolute atomic E-state index is 12.1. The maximum Gasteiger partial charge on any atom is 0.407 e. The van der Waals surface area contributed by atoms with Crippen LogP contribution in [-0.2, 0) is 28.3 Å². The predicted octanol–water partition coefficient (Wildman–Crippen LogP) is 7.09. The van der Waals surface area contributed by atoms with Gasteiger partial charge in [-0.2, -0.15) is 0 Å². The number of β-amino-alcohol motifs (C(OH)–C–C–N with tert-alkyl or cyclic N) is 1. The Hall–Kier alpha value is -4.37. The average Bonchev–Trinajstić information content (AvgIpc) is 3.52. The van der Waals surface area contributed by atoms with Gasteiger partial charge in [0.1, 0.15) is 23.7 Å². The Kier molecular flexibility index (Phi) is 12.9. The van der Waals surface area contributed by atoms with Crippen molar-refractivity contribution in [2.24, 2.45) is 0 Å². The number of benzene rings is 4. The lowest BCUT2D eigenvalue weighted by atomic mass is 9.78. The van der Waals surface area contributed by atoms with E-state index in [0.29, 0.717) is 26.1 Å². The highest BCUT2D eigenvalue weighted by molar-refractivity contribution is 5.67. The number of amides is 1. The Labute approximate surface area is 284 Å². The van der Waals surface area contributed by atoms with Crippen LogP contribution in [0.25, 0.3) is 0 Å². The molecule has 1 aliphatic heterocycles. The molecule has 4 aromatic carbocycles. The molecule has 1 amide bonds. The van der Waals surface area contributed by atoms with E-state index >= 15 is 0 Å². The lowest BCUT2D eigenvalue weighted by Crippen LogP contribution is -2.50. The molecule has 1 fully saturated rings. The number of rotatable bonds is 17. The van der Waals surface area contributed by atoms with Crippen molar-refractivity contribution < 1.29 is 28.8 Å². The van der Waals surface area contributed by atoms with E-state index in [-0.39, 0.29) is 12.6 Å². The van der Waals surface area contributed by atoms with Crippen molar-refractivity contribution in [2.75, 3.05) is 33.9 Å². The first kappa shape index (κ1) is 35.0. The second kappa shape index (κ2) is 17.7. The Balaban J connectivity index is 1.28. The molecule has 8 nitrogen and oxygen atoms in total. The quantitative estimate of drug-likeness (QED) is 0.118. The highest BCUT2D eigenvalue weighted by Crippen LogP contribution is 2.45. The molecule has 5 rings (SSSR count). The lowest BCUT2D eigenvalue weighted by molar-refractivity contribution is -0.0811. The minimum absolute atomic E-state index is 0.126. The number of nitrogens with one attached hydrogen (secondary N) is 1. The van der Waals surface area contributed by atoms with Crippen LogP contribution in [0.1, 0.15) is 54.4 Å². The Morgan fingerprint density at radius 1 is 0.750 bits per heavy atom. The zero-order chi connectivity index (χ0) is 33.6. The van der Waals surface area contributed by atoms with Crippen molar-refractivity contribution in [2.45, 2.75) is 63.1 Å². The zero-order valence-corrected chi connectivity index (χ0v) is 28.1. The largest absolute Gasteiger partial charge is 0.497 e. The van der Waals surface area contributed by atoms with Gasteiger partial charge in [-0.3, -0.25) is 4.90 Å². The van der Waals surface area contributed by atoms with Gasteiger partial charge in [-0.25, -0.2) is 4.79 Å². The molecule has 48 heavy (non-hydrogen) atoms. The molecule has 1 saturated heterocycles. The number of hydrogen-bond acceptors (Lipinski definition) is 7. The number of aliphatic hydroxyl groups excluding tert-OH is 1. The monoisotopic (exact) mass is 652 g/mol. The van der Waals surface area contributed by atoms with Crippen LogP contribution in [0.15, 0.2) is 109 Å². The molecule has 0 saturated carbocycles. The van der Waals surface area contributed by atoms with E-state index in [9.17, 15) is 9.90 Å². The normalized spacial score (nSPS) is 16.4. The van der Waals surface area contributed by atoms with Crippen molar-refractivity contribution in [3.8, 4) is 11.5 Å². The van der Waals surface area contributed by atoms with Crippen molar-refractivity contribution in [3.05, 3.63) is 131 Å². The molecular weight excluding hydrogens is 604 g/mol. The second-order valence-corrected chi connectivity index (χ2v) is 12.3. The summed E-state index contributed by atoms with van der Waals surface area (Å²) in [4.78, 5) is 14.5. The number of aliphatic hydroxyl groups is 1. The van der Waals surface area contributed by atoms with Crippen LogP contribution >= 0.6 is 0 Å². The fourth-order valence-electron chi connectivity index (χ4n) is 6.57. The predicted molar refractivity (Wildman–Crippen MR) is 187 cm³/mol. The molecule has 8 heteroatoms. The number of unbranched alkanes of at least 4 members (excludes halogenated alkanes) is 3. The Bertz CT molecular complexity index is 1470. The Morgan fingerprint density at radius 2 is 1.29 bits per heavy atom. The molecule has 0 bridgehead atoms. The van der Waals surface area contributed by atoms with Gasteiger partial charge in [-0.15, -0.1) is 0 Å². The third-order valence-electron chi connectivity index (χ3n) is 9.05. The smallest absolute Gasteiger partial charge is 0.407 e. The molecule has 0 aliphatic carbocycles. The van der Waals surface area contributed by atoms with Crippen molar-refractivity contribution in [1.29, 1.82) is 0 Å². The summed E-state index contributed by atoms with van der Waals surface area (Å²) in [6.07, 6.45) is 3.52. The van der Waals surface area contributed by atoms with Crippen molar-refractivity contribution >= 4 is 6.09 Å². The van der Waals surface area contributed by atoms with Crippen LogP contribution in [-0.4, -0.2) is 62.1 Å². The van der Waals surface area contributed by atoms with E-state index in [2.05, 4.69) is 46.6 Å². The zero-order valence-electron chi connectivity index (χ0n) is 28.1.